The molecule has 0 atom stereocenters. The average Bonchev–Trinajstić information content (AvgIpc) is 2.72. The van der Waals surface area contributed by atoms with Gasteiger partial charge in [0.2, 0.25) is 5.88 Å². The molecule has 0 aliphatic heterocycles. The lowest BCUT2D eigenvalue weighted by Gasteiger charge is -2.20. The second-order valence-electron chi connectivity index (χ2n) is 6.76. The molecule has 0 saturated heterocycles. The number of rotatable bonds is 4. The molecule has 0 bridgehead atoms. The van der Waals surface area contributed by atoms with Crippen LogP contribution in [0.25, 0.3) is 11.1 Å². The maximum atomic E-state index is 9.05. The first-order chi connectivity index (χ1) is 13.2. The number of nitriles is 1. The average molecular weight is 356 g/mol. The van der Waals surface area contributed by atoms with Gasteiger partial charge in [-0.05, 0) is 61.4 Å². The Morgan fingerprint density at radius 3 is 2.74 bits per heavy atom. The second kappa shape index (κ2) is 7.55. The fraction of sp³-hybridized carbons (Fsp3) is 0.273. The summed E-state index contributed by atoms with van der Waals surface area (Å²) in [6.45, 7) is 2.26. The van der Waals surface area contributed by atoms with Gasteiger partial charge in [0.05, 0.1) is 11.6 Å². The largest absolute Gasteiger partial charge is 0.473 e. The van der Waals surface area contributed by atoms with Crippen LogP contribution in [0.1, 0.15) is 41.1 Å². The minimum Gasteiger partial charge on any atom is -0.473 e. The van der Waals surface area contributed by atoms with E-state index in [2.05, 4.69) is 16.0 Å². The van der Waals surface area contributed by atoms with Crippen molar-refractivity contribution in [2.75, 3.05) is 0 Å². The number of benzene rings is 1. The molecule has 1 aromatic carbocycles. The van der Waals surface area contributed by atoms with E-state index in [-0.39, 0.29) is 0 Å². The van der Waals surface area contributed by atoms with Crippen molar-refractivity contribution in [1.29, 1.82) is 5.26 Å². The minimum atomic E-state index is 0.380. The lowest BCUT2D eigenvalue weighted by Crippen LogP contribution is -2.09. The molecule has 5 heteroatoms. The standard InChI is InChI=1S/C22H20N4O/c1-15-24-12-18(13-25-15)20-10-22(26-21-8-3-2-7-19(20)21)27-14-17-6-4-5-16(9-17)11-23/h4-6,9-10,12-13H,2-3,7-8,14H2,1H3. The van der Waals surface area contributed by atoms with Crippen molar-refractivity contribution >= 4 is 0 Å². The summed E-state index contributed by atoms with van der Waals surface area (Å²) >= 11 is 0. The normalized spacial score (nSPS) is 12.9. The van der Waals surface area contributed by atoms with Crippen molar-refractivity contribution in [3.8, 4) is 23.1 Å². The lowest BCUT2D eigenvalue weighted by atomic mass is 9.90. The van der Waals surface area contributed by atoms with E-state index >= 15 is 0 Å². The van der Waals surface area contributed by atoms with Crippen LogP contribution < -0.4 is 4.74 Å². The predicted molar refractivity (Wildman–Crippen MR) is 102 cm³/mol. The summed E-state index contributed by atoms with van der Waals surface area (Å²) < 4.78 is 5.98. The van der Waals surface area contributed by atoms with Gasteiger partial charge in [-0.25, -0.2) is 15.0 Å². The van der Waals surface area contributed by atoms with Crippen LogP contribution in [0.5, 0.6) is 5.88 Å². The molecule has 0 spiro atoms. The fourth-order valence-electron chi connectivity index (χ4n) is 3.43. The third kappa shape index (κ3) is 3.80. The Labute approximate surface area is 158 Å². The Morgan fingerprint density at radius 1 is 1.11 bits per heavy atom. The number of fused-ring (bicyclic) bond motifs is 1. The Kier molecular flexibility index (Phi) is 4.80. The van der Waals surface area contributed by atoms with Crippen molar-refractivity contribution < 1.29 is 4.74 Å². The molecule has 1 aliphatic rings. The Hall–Kier alpha value is -3.26. The summed E-state index contributed by atoms with van der Waals surface area (Å²) in [7, 11) is 0. The maximum absolute atomic E-state index is 9.05. The molecule has 2 aromatic heterocycles. The van der Waals surface area contributed by atoms with Gasteiger partial charge in [-0.2, -0.15) is 5.26 Å². The lowest BCUT2D eigenvalue weighted by molar-refractivity contribution is 0.292. The summed E-state index contributed by atoms with van der Waals surface area (Å²) in [6, 6.07) is 11.6. The first-order valence-electron chi connectivity index (χ1n) is 9.16. The Morgan fingerprint density at radius 2 is 1.93 bits per heavy atom. The van der Waals surface area contributed by atoms with Gasteiger partial charge < -0.3 is 4.74 Å². The van der Waals surface area contributed by atoms with Crippen LogP contribution in [0.4, 0.5) is 0 Å². The zero-order valence-corrected chi connectivity index (χ0v) is 15.3. The Balaban J connectivity index is 1.66. The minimum absolute atomic E-state index is 0.380. The number of hydrogen-bond donors (Lipinski definition) is 0. The van der Waals surface area contributed by atoms with E-state index in [1.807, 2.05) is 43.6 Å². The molecule has 0 fully saturated rings. The van der Waals surface area contributed by atoms with E-state index in [0.29, 0.717) is 18.1 Å². The zero-order valence-electron chi connectivity index (χ0n) is 15.3. The molecule has 27 heavy (non-hydrogen) atoms. The number of pyridine rings is 1. The van der Waals surface area contributed by atoms with Crippen LogP contribution in [-0.4, -0.2) is 15.0 Å². The summed E-state index contributed by atoms with van der Waals surface area (Å²) in [5, 5.41) is 9.05. The second-order valence-corrected chi connectivity index (χ2v) is 6.76. The van der Waals surface area contributed by atoms with Gasteiger partial charge in [-0.1, -0.05) is 12.1 Å². The molecule has 0 radical (unpaired) electrons. The molecule has 0 saturated carbocycles. The van der Waals surface area contributed by atoms with Crippen molar-refractivity contribution in [3.05, 3.63) is 70.9 Å². The number of nitrogens with zero attached hydrogens (tertiary/aromatic N) is 4. The van der Waals surface area contributed by atoms with Gasteiger partial charge in [-0.3, -0.25) is 0 Å². The highest BCUT2D eigenvalue weighted by Gasteiger charge is 2.18. The zero-order chi connectivity index (χ0) is 18.6. The fourth-order valence-corrected chi connectivity index (χ4v) is 3.43. The van der Waals surface area contributed by atoms with Crippen LogP contribution >= 0.6 is 0 Å². The number of hydrogen-bond acceptors (Lipinski definition) is 5. The van der Waals surface area contributed by atoms with E-state index in [0.717, 1.165) is 47.5 Å². The van der Waals surface area contributed by atoms with Gasteiger partial charge in [0.1, 0.15) is 12.4 Å². The highest BCUT2D eigenvalue weighted by molar-refractivity contribution is 5.68. The molecular formula is C22H20N4O. The van der Waals surface area contributed by atoms with E-state index < -0.39 is 0 Å². The predicted octanol–water partition coefficient (Wildman–Crippen LogP) is 4.18. The molecule has 0 unspecified atom stereocenters. The molecule has 4 rings (SSSR count). The monoisotopic (exact) mass is 356 g/mol. The quantitative estimate of drug-likeness (QED) is 0.701. The van der Waals surface area contributed by atoms with Crippen LogP contribution in [-0.2, 0) is 19.4 Å². The van der Waals surface area contributed by atoms with Crippen LogP contribution in [0.2, 0.25) is 0 Å². The summed E-state index contributed by atoms with van der Waals surface area (Å²) in [5.74, 6) is 1.36. The van der Waals surface area contributed by atoms with Crippen LogP contribution in [0.3, 0.4) is 0 Å². The van der Waals surface area contributed by atoms with Gasteiger partial charge in [0.25, 0.3) is 0 Å². The van der Waals surface area contributed by atoms with Crippen molar-refractivity contribution in [2.45, 2.75) is 39.2 Å². The van der Waals surface area contributed by atoms with Crippen LogP contribution in [0.15, 0.2) is 42.7 Å². The number of aromatic nitrogens is 3. The summed E-state index contributed by atoms with van der Waals surface area (Å²) in [5.41, 5.74) is 6.09. The topological polar surface area (TPSA) is 71.7 Å². The summed E-state index contributed by atoms with van der Waals surface area (Å²) in [4.78, 5) is 13.4. The summed E-state index contributed by atoms with van der Waals surface area (Å²) in [6.07, 6.45) is 8.05. The van der Waals surface area contributed by atoms with Gasteiger partial charge in [-0.15, -0.1) is 0 Å². The van der Waals surface area contributed by atoms with E-state index in [9.17, 15) is 0 Å². The van der Waals surface area contributed by atoms with Gasteiger partial charge >= 0.3 is 0 Å². The molecule has 0 N–H and O–H groups in total. The highest BCUT2D eigenvalue weighted by Crippen LogP contribution is 2.33. The molecule has 5 nitrogen and oxygen atoms in total. The molecular weight excluding hydrogens is 336 g/mol. The SMILES string of the molecule is Cc1ncc(-c2cc(OCc3cccc(C#N)c3)nc3c2CCCC3)cn1. The highest BCUT2D eigenvalue weighted by atomic mass is 16.5. The third-order valence-electron chi connectivity index (χ3n) is 4.81. The van der Waals surface area contributed by atoms with Gasteiger partial charge in [0.15, 0.2) is 0 Å². The number of ether oxygens (including phenoxy) is 1. The van der Waals surface area contributed by atoms with Crippen molar-refractivity contribution in [2.24, 2.45) is 0 Å². The van der Waals surface area contributed by atoms with E-state index in [1.54, 1.807) is 6.07 Å². The molecule has 2 heterocycles. The third-order valence-corrected chi connectivity index (χ3v) is 4.81. The van der Waals surface area contributed by atoms with Crippen molar-refractivity contribution in [3.63, 3.8) is 0 Å². The molecule has 134 valence electrons. The van der Waals surface area contributed by atoms with E-state index in [1.165, 1.54) is 12.0 Å². The maximum Gasteiger partial charge on any atom is 0.214 e. The molecule has 3 aromatic rings. The van der Waals surface area contributed by atoms with E-state index in [4.69, 9.17) is 15.0 Å². The van der Waals surface area contributed by atoms with Gasteiger partial charge in [0, 0.05) is 29.7 Å². The smallest absolute Gasteiger partial charge is 0.214 e. The molecule has 1 aliphatic carbocycles. The molecule has 0 amide bonds. The van der Waals surface area contributed by atoms with Crippen molar-refractivity contribution in [1.82, 2.24) is 15.0 Å². The first kappa shape index (κ1) is 17.2. The van der Waals surface area contributed by atoms with Crippen LogP contribution in [0, 0.1) is 18.3 Å². The number of aryl methyl sites for hydroxylation is 2. The Bertz CT molecular complexity index is 1010. The first-order valence-corrected chi connectivity index (χ1v) is 9.16.